The topological polar surface area (TPSA) is 79.6 Å². The van der Waals surface area contributed by atoms with Gasteiger partial charge in [-0.3, -0.25) is 4.79 Å². The van der Waals surface area contributed by atoms with Gasteiger partial charge in [-0.05, 0) is 51.5 Å². The van der Waals surface area contributed by atoms with Crippen LogP contribution in [0.1, 0.15) is 47.6 Å². The van der Waals surface area contributed by atoms with Gasteiger partial charge >= 0.3 is 0 Å². The molecule has 0 aromatic carbocycles. The quantitative estimate of drug-likeness (QED) is 0.887. The number of hydrogen-bond donors (Lipinski definition) is 1. The second-order valence-corrected chi connectivity index (χ2v) is 8.84. The van der Waals surface area contributed by atoms with Gasteiger partial charge < -0.3 is 9.73 Å². The summed E-state index contributed by atoms with van der Waals surface area (Å²) in [5.41, 5.74) is 0.580. The molecule has 7 heteroatoms. The zero-order chi connectivity index (χ0) is 16.6. The van der Waals surface area contributed by atoms with Crippen LogP contribution in [0.5, 0.6) is 0 Å². The Hall–Kier alpha value is -1.34. The van der Waals surface area contributed by atoms with E-state index in [9.17, 15) is 13.2 Å². The largest absolute Gasteiger partial charge is 0.466 e. The second kappa shape index (κ2) is 6.28. The van der Waals surface area contributed by atoms with Crippen LogP contribution in [0.15, 0.2) is 10.5 Å². The lowest BCUT2D eigenvalue weighted by molar-refractivity contribution is 0.0940. The van der Waals surface area contributed by atoms with Crippen LogP contribution in [0.2, 0.25) is 0 Å². The molecule has 6 nitrogen and oxygen atoms in total. The predicted molar refractivity (Wildman–Crippen MR) is 86.8 cm³/mol. The molecule has 1 amide bonds. The highest BCUT2D eigenvalue weighted by molar-refractivity contribution is 7.90. The lowest BCUT2D eigenvalue weighted by Gasteiger charge is -2.31. The van der Waals surface area contributed by atoms with E-state index in [1.54, 1.807) is 17.3 Å². The van der Waals surface area contributed by atoms with Crippen molar-refractivity contribution < 1.29 is 17.6 Å². The molecule has 1 N–H and O–H groups in total. The molecular formula is C16H24N2O4S. The van der Waals surface area contributed by atoms with Crippen molar-refractivity contribution in [1.82, 2.24) is 9.62 Å². The molecule has 1 aliphatic carbocycles. The number of nitrogens with one attached hydrogen (secondary N) is 1. The van der Waals surface area contributed by atoms with Crippen molar-refractivity contribution in [2.45, 2.75) is 44.8 Å². The van der Waals surface area contributed by atoms with Gasteiger partial charge in [-0.2, -0.15) is 0 Å². The number of piperidine rings is 1. The third kappa shape index (κ3) is 3.61. The molecule has 1 aromatic heterocycles. The van der Waals surface area contributed by atoms with Crippen LogP contribution in [-0.4, -0.2) is 43.5 Å². The van der Waals surface area contributed by atoms with Gasteiger partial charge in [0.2, 0.25) is 10.0 Å². The van der Waals surface area contributed by atoms with E-state index in [1.807, 2.05) is 6.92 Å². The Kier molecular flexibility index (Phi) is 4.51. The van der Waals surface area contributed by atoms with Gasteiger partial charge in [0.15, 0.2) is 0 Å². The Morgan fingerprint density at radius 3 is 2.43 bits per heavy atom. The first-order chi connectivity index (χ1) is 10.9. The van der Waals surface area contributed by atoms with Crippen molar-refractivity contribution in [1.29, 1.82) is 0 Å². The van der Waals surface area contributed by atoms with Crippen molar-refractivity contribution in [3.63, 3.8) is 0 Å². The van der Waals surface area contributed by atoms with E-state index in [0.717, 1.165) is 31.4 Å². The number of aryl methyl sites for hydroxylation is 2. The van der Waals surface area contributed by atoms with E-state index in [2.05, 4.69) is 5.32 Å². The maximum Gasteiger partial charge on any atom is 0.254 e. The number of carbonyl (C=O) groups is 1. The summed E-state index contributed by atoms with van der Waals surface area (Å²) in [6.45, 7) is 5.33. The smallest absolute Gasteiger partial charge is 0.254 e. The van der Waals surface area contributed by atoms with Crippen molar-refractivity contribution in [3.8, 4) is 0 Å². The molecule has 2 aliphatic rings. The third-order valence-corrected chi connectivity index (χ3v) is 7.11. The Morgan fingerprint density at radius 1 is 1.26 bits per heavy atom. The van der Waals surface area contributed by atoms with Crippen molar-refractivity contribution in [3.05, 3.63) is 23.2 Å². The lowest BCUT2D eigenvalue weighted by Crippen LogP contribution is -2.42. The van der Waals surface area contributed by atoms with Crippen LogP contribution in [0.3, 0.4) is 0 Å². The average molecular weight is 340 g/mol. The average Bonchev–Trinajstić information content (AvgIpc) is 3.31. The van der Waals surface area contributed by atoms with E-state index >= 15 is 0 Å². The zero-order valence-corrected chi connectivity index (χ0v) is 14.5. The number of carbonyl (C=O) groups excluding carboxylic acids is 1. The molecule has 0 radical (unpaired) electrons. The van der Waals surface area contributed by atoms with E-state index in [1.165, 1.54) is 0 Å². The third-order valence-electron chi connectivity index (χ3n) is 4.72. The van der Waals surface area contributed by atoms with Gasteiger partial charge in [-0.1, -0.05) is 0 Å². The zero-order valence-electron chi connectivity index (χ0n) is 13.7. The van der Waals surface area contributed by atoms with Crippen LogP contribution < -0.4 is 5.32 Å². The molecule has 128 valence electrons. The lowest BCUT2D eigenvalue weighted by atomic mass is 9.98. The number of nitrogens with zero attached hydrogens (tertiary/aromatic N) is 1. The van der Waals surface area contributed by atoms with E-state index in [4.69, 9.17) is 4.42 Å². The maximum atomic E-state index is 12.2. The van der Waals surface area contributed by atoms with Gasteiger partial charge in [0.25, 0.3) is 5.91 Å². The molecular weight excluding hydrogens is 316 g/mol. The van der Waals surface area contributed by atoms with Crippen LogP contribution in [0.25, 0.3) is 0 Å². The first kappa shape index (κ1) is 16.5. The molecule has 2 fully saturated rings. The molecule has 1 aliphatic heterocycles. The van der Waals surface area contributed by atoms with Crippen molar-refractivity contribution in [2.75, 3.05) is 19.6 Å². The fourth-order valence-electron chi connectivity index (χ4n) is 3.13. The standard InChI is InChI=1S/C16H24N2O4S/c1-11-9-15(12(2)22-11)16(19)17-10-13-5-7-18(8-6-13)23(20,21)14-3-4-14/h9,13-14H,3-8,10H2,1-2H3,(H,17,19). The van der Waals surface area contributed by atoms with Gasteiger partial charge in [-0.15, -0.1) is 0 Å². The molecule has 1 aromatic rings. The Bertz CT molecular complexity index is 683. The van der Waals surface area contributed by atoms with Crippen LogP contribution in [-0.2, 0) is 10.0 Å². The summed E-state index contributed by atoms with van der Waals surface area (Å²) in [6.07, 6.45) is 3.22. The number of sulfonamides is 1. The molecule has 3 rings (SSSR count). The normalized spacial score (nSPS) is 20.6. The SMILES string of the molecule is Cc1cc(C(=O)NCC2CCN(S(=O)(=O)C3CC3)CC2)c(C)o1. The Morgan fingerprint density at radius 2 is 1.91 bits per heavy atom. The summed E-state index contributed by atoms with van der Waals surface area (Å²) in [6, 6.07) is 1.75. The summed E-state index contributed by atoms with van der Waals surface area (Å²) in [5.74, 6) is 1.57. The first-order valence-corrected chi connectivity index (χ1v) is 9.72. The summed E-state index contributed by atoms with van der Waals surface area (Å²) >= 11 is 0. The fraction of sp³-hybridized carbons (Fsp3) is 0.688. The van der Waals surface area contributed by atoms with Gasteiger partial charge in [0, 0.05) is 19.6 Å². The summed E-state index contributed by atoms with van der Waals surface area (Å²) in [5, 5.41) is 2.81. The van der Waals surface area contributed by atoms with Crippen LogP contribution in [0.4, 0.5) is 0 Å². The highest BCUT2D eigenvalue weighted by atomic mass is 32.2. The summed E-state index contributed by atoms with van der Waals surface area (Å²) in [4.78, 5) is 12.2. The predicted octanol–water partition coefficient (Wildman–Crippen LogP) is 1.83. The molecule has 2 heterocycles. The first-order valence-electron chi connectivity index (χ1n) is 8.22. The number of furan rings is 1. The van der Waals surface area contributed by atoms with Gasteiger partial charge in [0.05, 0.1) is 10.8 Å². The number of hydrogen-bond acceptors (Lipinski definition) is 4. The monoisotopic (exact) mass is 340 g/mol. The minimum atomic E-state index is -3.06. The summed E-state index contributed by atoms with van der Waals surface area (Å²) < 4.78 is 31.4. The maximum absolute atomic E-state index is 12.2. The van der Waals surface area contributed by atoms with E-state index < -0.39 is 10.0 Å². The molecule has 0 atom stereocenters. The Balaban J connectivity index is 1.47. The second-order valence-electron chi connectivity index (χ2n) is 6.62. The highest BCUT2D eigenvalue weighted by Crippen LogP contribution is 2.33. The molecule has 1 saturated heterocycles. The van der Waals surface area contributed by atoms with Crippen molar-refractivity contribution >= 4 is 15.9 Å². The minimum absolute atomic E-state index is 0.118. The van der Waals surface area contributed by atoms with Crippen molar-refractivity contribution in [2.24, 2.45) is 5.92 Å². The highest BCUT2D eigenvalue weighted by Gasteiger charge is 2.41. The molecule has 1 saturated carbocycles. The summed E-state index contributed by atoms with van der Waals surface area (Å²) in [7, 11) is -3.06. The minimum Gasteiger partial charge on any atom is -0.466 e. The molecule has 23 heavy (non-hydrogen) atoms. The number of amides is 1. The van der Waals surface area contributed by atoms with Gasteiger partial charge in [-0.25, -0.2) is 12.7 Å². The molecule has 0 unspecified atom stereocenters. The molecule has 0 bridgehead atoms. The molecule has 0 spiro atoms. The van der Waals surface area contributed by atoms with E-state index in [0.29, 0.717) is 36.9 Å². The van der Waals surface area contributed by atoms with Crippen LogP contribution >= 0.6 is 0 Å². The number of rotatable bonds is 5. The van der Waals surface area contributed by atoms with Gasteiger partial charge in [0.1, 0.15) is 11.5 Å². The fourth-order valence-corrected chi connectivity index (χ4v) is 5.01. The Labute approximate surface area is 137 Å². The van der Waals surface area contributed by atoms with E-state index in [-0.39, 0.29) is 11.2 Å². The van der Waals surface area contributed by atoms with Crippen LogP contribution in [0, 0.1) is 19.8 Å².